The number of rotatable bonds is 5. The van der Waals surface area contributed by atoms with Crippen LogP contribution < -0.4 is 5.73 Å². The van der Waals surface area contributed by atoms with Crippen LogP contribution in [0.15, 0.2) is 12.7 Å². The van der Waals surface area contributed by atoms with E-state index in [9.17, 15) is 4.79 Å². The standard InChI is InChI=1S/C7H12O2.C3H8N2/c1-3-5-6-9-7(8)4-2;1-2-3(4)5/h4H,2-3,5-6H2,1H3;2H2,1H3,(H3,4,5). The van der Waals surface area contributed by atoms with Gasteiger partial charge in [0.25, 0.3) is 0 Å². The maximum Gasteiger partial charge on any atom is 0.330 e. The Bertz CT molecular complexity index is 179. The van der Waals surface area contributed by atoms with Crippen LogP contribution in [0.5, 0.6) is 0 Å². The summed E-state index contributed by atoms with van der Waals surface area (Å²) in [5, 5.41) is 6.52. The third-order valence-corrected chi connectivity index (χ3v) is 1.29. The molecule has 0 saturated heterocycles. The predicted molar refractivity (Wildman–Crippen MR) is 58.3 cm³/mol. The Morgan fingerprint density at radius 1 is 1.57 bits per heavy atom. The topological polar surface area (TPSA) is 76.2 Å². The summed E-state index contributed by atoms with van der Waals surface area (Å²) in [5.41, 5.74) is 4.88. The SMILES string of the molecule is C=CC(=O)OCCCC.CCC(=N)N. The van der Waals surface area contributed by atoms with Gasteiger partial charge in [-0.25, -0.2) is 4.79 Å². The zero-order chi connectivity index (χ0) is 11.4. The Labute approximate surface area is 85.6 Å². The van der Waals surface area contributed by atoms with Crippen LogP contribution in [-0.4, -0.2) is 18.4 Å². The van der Waals surface area contributed by atoms with Crippen LogP contribution in [0.4, 0.5) is 0 Å². The quantitative estimate of drug-likeness (QED) is 0.234. The molecule has 0 amide bonds. The number of unbranched alkanes of at least 4 members (excludes halogenated alkanes) is 1. The molecule has 4 heteroatoms. The van der Waals surface area contributed by atoms with E-state index in [-0.39, 0.29) is 11.8 Å². The van der Waals surface area contributed by atoms with E-state index < -0.39 is 0 Å². The molecule has 0 spiro atoms. The van der Waals surface area contributed by atoms with Gasteiger partial charge in [0.05, 0.1) is 12.4 Å². The van der Waals surface area contributed by atoms with E-state index in [1.807, 2.05) is 13.8 Å². The average molecular weight is 200 g/mol. The van der Waals surface area contributed by atoms with E-state index >= 15 is 0 Å². The van der Waals surface area contributed by atoms with E-state index in [0.717, 1.165) is 12.8 Å². The molecule has 14 heavy (non-hydrogen) atoms. The molecule has 0 aliphatic carbocycles. The number of ether oxygens (including phenoxy) is 1. The number of carbonyl (C=O) groups excluding carboxylic acids is 1. The lowest BCUT2D eigenvalue weighted by molar-refractivity contribution is -0.137. The van der Waals surface area contributed by atoms with Gasteiger partial charge in [-0.2, -0.15) is 0 Å². The molecular formula is C10H20N2O2. The van der Waals surface area contributed by atoms with E-state index in [2.05, 4.69) is 11.3 Å². The van der Waals surface area contributed by atoms with Crippen molar-refractivity contribution in [3.63, 3.8) is 0 Å². The molecule has 0 rings (SSSR count). The molecule has 3 N–H and O–H groups in total. The molecule has 0 atom stereocenters. The van der Waals surface area contributed by atoms with Crippen LogP contribution in [0.2, 0.25) is 0 Å². The van der Waals surface area contributed by atoms with Crippen LogP contribution >= 0.6 is 0 Å². The molecule has 0 fully saturated rings. The number of nitrogens with one attached hydrogen (secondary N) is 1. The van der Waals surface area contributed by atoms with Gasteiger partial charge in [0.1, 0.15) is 0 Å². The van der Waals surface area contributed by atoms with Crippen molar-refractivity contribution in [1.29, 1.82) is 5.41 Å². The van der Waals surface area contributed by atoms with Crippen molar-refractivity contribution in [1.82, 2.24) is 0 Å². The average Bonchev–Trinajstić information content (AvgIpc) is 2.19. The molecular weight excluding hydrogens is 180 g/mol. The third kappa shape index (κ3) is 17.0. The smallest absolute Gasteiger partial charge is 0.330 e. The Morgan fingerprint density at radius 3 is 2.36 bits per heavy atom. The van der Waals surface area contributed by atoms with E-state index in [4.69, 9.17) is 11.1 Å². The molecule has 82 valence electrons. The summed E-state index contributed by atoms with van der Waals surface area (Å²) in [6.45, 7) is 7.67. The summed E-state index contributed by atoms with van der Waals surface area (Å²) in [5.74, 6) is -0.0755. The van der Waals surface area contributed by atoms with Gasteiger partial charge in [-0.3, -0.25) is 5.41 Å². The summed E-state index contributed by atoms with van der Waals surface area (Å²) in [4.78, 5) is 10.3. The van der Waals surface area contributed by atoms with Crippen LogP contribution in [0.3, 0.4) is 0 Å². The second kappa shape index (κ2) is 11.7. The molecule has 0 aliphatic rings. The lowest BCUT2D eigenvalue weighted by Crippen LogP contribution is -2.05. The first-order chi connectivity index (χ1) is 6.58. The van der Waals surface area contributed by atoms with Gasteiger partial charge in [-0.1, -0.05) is 26.8 Å². The highest BCUT2D eigenvalue weighted by atomic mass is 16.5. The van der Waals surface area contributed by atoms with Gasteiger partial charge in [0.2, 0.25) is 0 Å². The summed E-state index contributed by atoms with van der Waals surface area (Å²) >= 11 is 0. The minimum atomic E-state index is -0.330. The fourth-order valence-electron chi connectivity index (χ4n) is 0.376. The zero-order valence-corrected chi connectivity index (χ0v) is 9.01. The van der Waals surface area contributed by atoms with Crippen molar-refractivity contribution in [3.05, 3.63) is 12.7 Å². The lowest BCUT2D eigenvalue weighted by atomic mass is 10.4. The highest BCUT2D eigenvalue weighted by Gasteiger charge is 1.91. The van der Waals surface area contributed by atoms with Crippen LogP contribution in [0.1, 0.15) is 33.1 Å². The van der Waals surface area contributed by atoms with Gasteiger partial charge in [-0.15, -0.1) is 0 Å². The van der Waals surface area contributed by atoms with Crippen molar-refractivity contribution >= 4 is 11.8 Å². The molecule has 0 bridgehead atoms. The lowest BCUT2D eigenvalue weighted by Gasteiger charge is -1.97. The monoisotopic (exact) mass is 200 g/mol. The Morgan fingerprint density at radius 2 is 2.07 bits per heavy atom. The first-order valence-electron chi connectivity index (χ1n) is 4.70. The second-order valence-corrected chi connectivity index (χ2v) is 2.60. The van der Waals surface area contributed by atoms with E-state index in [1.165, 1.54) is 6.08 Å². The zero-order valence-electron chi connectivity index (χ0n) is 9.01. The Balaban J connectivity index is 0. The summed E-state index contributed by atoms with van der Waals surface area (Å²) in [6, 6.07) is 0. The van der Waals surface area contributed by atoms with E-state index in [1.54, 1.807) is 0 Å². The van der Waals surface area contributed by atoms with Crippen molar-refractivity contribution in [2.45, 2.75) is 33.1 Å². The van der Waals surface area contributed by atoms with Gasteiger partial charge in [-0.05, 0) is 6.42 Å². The molecule has 0 aromatic carbocycles. The minimum Gasteiger partial charge on any atom is -0.463 e. The highest BCUT2D eigenvalue weighted by Crippen LogP contribution is 1.88. The van der Waals surface area contributed by atoms with Crippen LogP contribution in [-0.2, 0) is 9.53 Å². The van der Waals surface area contributed by atoms with Gasteiger partial charge < -0.3 is 10.5 Å². The molecule has 0 aromatic heterocycles. The van der Waals surface area contributed by atoms with Crippen molar-refractivity contribution in [2.75, 3.05) is 6.61 Å². The molecule has 0 radical (unpaired) electrons. The van der Waals surface area contributed by atoms with Crippen LogP contribution in [0.25, 0.3) is 0 Å². The molecule has 0 heterocycles. The first-order valence-corrected chi connectivity index (χ1v) is 4.70. The Hall–Kier alpha value is -1.32. The van der Waals surface area contributed by atoms with Gasteiger partial charge in [0, 0.05) is 12.5 Å². The van der Waals surface area contributed by atoms with Crippen molar-refractivity contribution < 1.29 is 9.53 Å². The fraction of sp³-hybridized carbons (Fsp3) is 0.600. The number of hydrogen-bond acceptors (Lipinski definition) is 3. The van der Waals surface area contributed by atoms with E-state index in [0.29, 0.717) is 13.0 Å². The minimum absolute atomic E-state index is 0.255. The second-order valence-electron chi connectivity index (χ2n) is 2.60. The number of esters is 1. The Kier molecular flexibility index (Phi) is 12.7. The molecule has 0 aromatic rings. The molecule has 0 saturated carbocycles. The first kappa shape index (κ1) is 15.2. The summed E-state index contributed by atoms with van der Waals surface area (Å²) in [6.07, 6.45) is 3.82. The largest absolute Gasteiger partial charge is 0.463 e. The van der Waals surface area contributed by atoms with Crippen LogP contribution in [0, 0.1) is 5.41 Å². The maximum atomic E-state index is 10.3. The normalized spacial score (nSPS) is 8.14. The maximum absolute atomic E-state index is 10.3. The predicted octanol–water partition coefficient (Wildman–Crippen LogP) is 1.85. The number of carbonyl (C=O) groups is 1. The fourth-order valence-corrected chi connectivity index (χ4v) is 0.376. The molecule has 0 aliphatic heterocycles. The summed E-state index contributed by atoms with van der Waals surface area (Å²) < 4.78 is 4.67. The summed E-state index contributed by atoms with van der Waals surface area (Å²) in [7, 11) is 0. The number of nitrogens with two attached hydrogens (primary N) is 1. The van der Waals surface area contributed by atoms with Gasteiger partial charge >= 0.3 is 5.97 Å². The molecule has 0 unspecified atom stereocenters. The highest BCUT2D eigenvalue weighted by molar-refractivity contribution is 5.81. The third-order valence-electron chi connectivity index (χ3n) is 1.29. The number of hydrogen-bond donors (Lipinski definition) is 2. The number of amidine groups is 1. The van der Waals surface area contributed by atoms with Gasteiger partial charge in [0.15, 0.2) is 0 Å². The molecule has 4 nitrogen and oxygen atoms in total. The van der Waals surface area contributed by atoms with Crippen molar-refractivity contribution in [2.24, 2.45) is 5.73 Å². The van der Waals surface area contributed by atoms with Crippen molar-refractivity contribution in [3.8, 4) is 0 Å².